The molecule has 10 atom stereocenters. The van der Waals surface area contributed by atoms with Gasteiger partial charge in [0.25, 0.3) is 0 Å². The highest BCUT2D eigenvalue weighted by Crippen LogP contribution is 2.68. The lowest BCUT2D eigenvalue weighted by Gasteiger charge is -2.63. The summed E-state index contributed by atoms with van der Waals surface area (Å²) >= 11 is 1.54. The summed E-state index contributed by atoms with van der Waals surface area (Å²) in [6.07, 6.45) is 5.66. The van der Waals surface area contributed by atoms with Crippen LogP contribution < -0.4 is 9.64 Å². The highest BCUT2D eigenvalue weighted by atomic mass is 32.2. The number of nitrogens with one attached hydrogen (secondary N) is 1. The van der Waals surface area contributed by atoms with Gasteiger partial charge in [0.05, 0.1) is 33.0 Å². The molecule has 356 valence electrons. The second kappa shape index (κ2) is 16.3. The number of ether oxygens (including phenoxy) is 4. The van der Waals surface area contributed by atoms with Gasteiger partial charge in [0.1, 0.15) is 16.9 Å². The maximum atomic E-state index is 15.6. The number of benzene rings is 3. The van der Waals surface area contributed by atoms with E-state index < -0.39 is 57.5 Å². The van der Waals surface area contributed by atoms with Gasteiger partial charge >= 0.3 is 17.9 Å². The van der Waals surface area contributed by atoms with Crippen LogP contribution in [0.5, 0.6) is 11.5 Å². The van der Waals surface area contributed by atoms with Gasteiger partial charge in [-0.15, -0.1) is 0 Å². The molecule has 3 aromatic carbocycles. The molecule has 1 spiro atoms. The van der Waals surface area contributed by atoms with Crippen molar-refractivity contribution in [3.63, 3.8) is 0 Å². The molecule has 1 aliphatic carbocycles. The normalized spacial score (nSPS) is 33.9. The predicted octanol–water partition coefficient (Wildman–Crippen LogP) is 5.85. The Bertz CT molecular complexity index is 2710. The van der Waals surface area contributed by atoms with Gasteiger partial charge in [0.15, 0.2) is 6.10 Å². The summed E-state index contributed by atoms with van der Waals surface area (Å²) in [6, 6.07) is 16.1. The van der Waals surface area contributed by atoms with Gasteiger partial charge in [-0.2, -0.15) is 0 Å². The van der Waals surface area contributed by atoms with Gasteiger partial charge in [0.2, 0.25) is 5.60 Å². The highest BCUT2D eigenvalue weighted by molar-refractivity contribution is 7.99. The molecule has 0 radical (unpaired) electrons. The molecule has 10 rings (SSSR count). The predicted molar refractivity (Wildman–Crippen MR) is 253 cm³/mol. The number of H-pyrrole nitrogens is 1. The fourth-order valence-electron chi connectivity index (χ4n) is 14.3. The summed E-state index contributed by atoms with van der Waals surface area (Å²) in [5, 5.41) is 36.8. The van der Waals surface area contributed by atoms with E-state index in [9.17, 15) is 24.9 Å². The maximum absolute atomic E-state index is 15.6. The monoisotopic (exact) mass is 934 g/mol. The zero-order valence-electron chi connectivity index (χ0n) is 39.4. The number of hydrogen-bond acceptors (Lipinski definition) is 14. The molecule has 0 amide bonds. The van der Waals surface area contributed by atoms with E-state index in [0.29, 0.717) is 81.8 Å². The molecule has 2 bridgehead atoms. The molecule has 4 N–H and O–H groups in total. The van der Waals surface area contributed by atoms with Crippen LogP contribution >= 0.6 is 11.8 Å². The van der Waals surface area contributed by atoms with Crippen molar-refractivity contribution in [2.45, 2.75) is 109 Å². The number of rotatable bonds is 9. The number of aliphatic hydroxyl groups is 2. The Labute approximate surface area is 395 Å². The molecule has 1 saturated carbocycles. The Morgan fingerprint density at radius 3 is 2.39 bits per heavy atom. The van der Waals surface area contributed by atoms with Crippen molar-refractivity contribution in [2.24, 2.45) is 11.3 Å². The van der Waals surface area contributed by atoms with Gasteiger partial charge < -0.3 is 44.2 Å². The summed E-state index contributed by atoms with van der Waals surface area (Å²) in [5.74, 6) is -1.53. The third kappa shape index (κ3) is 6.47. The first-order chi connectivity index (χ1) is 32.1. The topological polar surface area (TPSA) is 174 Å². The third-order valence-electron chi connectivity index (χ3n) is 16.7. The molecular weight excluding hydrogens is 873 g/mol. The van der Waals surface area contributed by atoms with Crippen molar-refractivity contribution in [1.82, 2.24) is 14.8 Å². The zero-order valence-corrected chi connectivity index (χ0v) is 40.2. The molecule has 1 unspecified atom stereocenters. The van der Waals surface area contributed by atoms with Gasteiger partial charge in [-0.1, -0.05) is 43.8 Å². The number of fused-ring (bicyclic) bond motifs is 6. The van der Waals surface area contributed by atoms with E-state index >= 15 is 4.79 Å². The smallest absolute Gasteiger partial charge is 0.344 e. The molecule has 1 aromatic heterocycles. The van der Waals surface area contributed by atoms with Crippen LogP contribution in [-0.4, -0.2) is 139 Å². The van der Waals surface area contributed by atoms with Crippen molar-refractivity contribution >= 4 is 46.3 Å². The third-order valence-corrected chi connectivity index (χ3v) is 17.7. The Morgan fingerprint density at radius 2 is 1.69 bits per heavy atom. The number of likely N-dealkylation sites (N-methyl/N-ethyl adjacent to an activating group) is 1. The van der Waals surface area contributed by atoms with Gasteiger partial charge in [0, 0.05) is 101 Å². The first kappa shape index (κ1) is 45.7. The van der Waals surface area contributed by atoms with E-state index in [2.05, 4.69) is 26.9 Å². The van der Waals surface area contributed by atoms with Crippen LogP contribution in [0.4, 0.5) is 5.69 Å². The van der Waals surface area contributed by atoms with E-state index in [1.807, 2.05) is 68.3 Å². The Hall–Kier alpha value is -5.06. The van der Waals surface area contributed by atoms with E-state index in [0.717, 1.165) is 37.5 Å². The SMILES string of the molecule is CC[C@]1(O)C[C@H]2CN(CCc3c([nH]c4ccc(Sc5cccc(O)c5)cc34)[C@@](C(=O)OC)(c3cc4c(cc3OC)N(C)[C@H]3[C@@](O)(C(=O)OC)[C@H](OC(C)=O)[C@]5(CC)C=CCN6CC[C@]43[C@@H]65)C2)C1. The molecule has 2 saturated heterocycles. The number of hydrogen-bond donors (Lipinski definition) is 4. The Kier molecular flexibility index (Phi) is 11.1. The lowest BCUT2D eigenvalue weighted by atomic mass is 9.47. The second-order valence-electron chi connectivity index (χ2n) is 20.0. The summed E-state index contributed by atoms with van der Waals surface area (Å²) in [4.78, 5) is 55.6. The van der Waals surface area contributed by atoms with Crippen LogP contribution in [0.25, 0.3) is 10.9 Å². The number of aromatic hydroxyl groups is 1. The Balaban J connectivity index is 1.26. The number of phenols is 1. The van der Waals surface area contributed by atoms with E-state index in [1.165, 1.54) is 32.9 Å². The van der Waals surface area contributed by atoms with Crippen molar-refractivity contribution in [3.8, 4) is 11.5 Å². The van der Waals surface area contributed by atoms with Crippen molar-refractivity contribution in [1.29, 1.82) is 0 Å². The van der Waals surface area contributed by atoms with Crippen LogP contribution in [0.3, 0.4) is 0 Å². The van der Waals surface area contributed by atoms with Gasteiger partial charge in [-0.3, -0.25) is 19.4 Å². The number of carbonyl (C=O) groups excluding carboxylic acids is 3. The van der Waals surface area contributed by atoms with Crippen LogP contribution in [0.15, 0.2) is 76.5 Å². The molecular formula is C52H62N4O10S. The molecule has 14 nitrogen and oxygen atoms in total. The minimum atomic E-state index is -2.33. The number of phenolic OH excluding ortho intramolecular Hbond substituents is 1. The fourth-order valence-corrected chi connectivity index (χ4v) is 15.2. The number of carbonyl (C=O) groups is 3. The lowest BCUT2D eigenvalue weighted by molar-refractivity contribution is -0.228. The van der Waals surface area contributed by atoms with Crippen LogP contribution in [-0.2, 0) is 45.8 Å². The lowest BCUT2D eigenvalue weighted by Crippen LogP contribution is -2.81. The molecule has 15 heteroatoms. The maximum Gasteiger partial charge on any atom is 0.344 e. The van der Waals surface area contributed by atoms with Gasteiger partial charge in [-0.25, -0.2) is 4.79 Å². The van der Waals surface area contributed by atoms with Crippen LogP contribution in [0, 0.1) is 11.3 Å². The van der Waals surface area contributed by atoms with E-state index in [-0.39, 0.29) is 24.1 Å². The quantitative estimate of drug-likeness (QED) is 0.0895. The van der Waals surface area contributed by atoms with E-state index in [4.69, 9.17) is 18.9 Å². The molecule has 67 heavy (non-hydrogen) atoms. The number of aromatic amines is 1. The standard InChI is InChI=1S/C52H62N4O10S/c1-8-48(61)26-31-27-51(46(59)64-6,42-35(16-20-55(28-31)29-48)36-23-34(14-15-39(36)53-42)67-33-13-10-12-32(58)22-33)38-24-37-40(25-41(38)63-5)54(4)44-50(37)18-21-56-19-11-17-49(9-2,43(50)56)45(66-30(3)57)52(44,62)47(60)65-7/h10-15,17,22-25,31,43-45,53,58,61-62H,8-9,16,18-21,26-29H2,1-7H3/t31-,43+,44-,45-,48+,49-,50-,51+,52+/m1/s1. The van der Waals surface area contributed by atoms with E-state index in [1.54, 1.807) is 19.2 Å². The van der Waals surface area contributed by atoms with Crippen LogP contribution in [0.1, 0.15) is 75.3 Å². The number of aromatic nitrogens is 1. The fraction of sp³-hybridized carbons (Fsp3) is 0.519. The Morgan fingerprint density at radius 1 is 0.910 bits per heavy atom. The number of piperidine rings is 1. The molecule has 3 fully saturated rings. The minimum absolute atomic E-state index is 0.152. The largest absolute Gasteiger partial charge is 0.508 e. The number of anilines is 1. The molecule has 6 aliphatic rings. The average molecular weight is 935 g/mol. The number of nitrogens with zero attached hydrogens (tertiary/aromatic N) is 3. The first-order valence-corrected chi connectivity index (χ1v) is 24.4. The van der Waals surface area contributed by atoms with Crippen molar-refractivity contribution < 1.29 is 48.7 Å². The molecule has 6 heterocycles. The number of esters is 3. The van der Waals surface area contributed by atoms with Crippen molar-refractivity contribution in [3.05, 3.63) is 89.1 Å². The second-order valence-corrected chi connectivity index (χ2v) is 21.1. The minimum Gasteiger partial charge on any atom is -0.508 e. The summed E-state index contributed by atoms with van der Waals surface area (Å²) in [5.41, 5.74) is -2.14. The van der Waals surface area contributed by atoms with Crippen LogP contribution in [0.2, 0.25) is 0 Å². The number of methoxy groups -OCH3 is 3. The first-order valence-electron chi connectivity index (χ1n) is 23.6. The van der Waals surface area contributed by atoms with Gasteiger partial charge in [-0.05, 0) is 105 Å². The summed E-state index contributed by atoms with van der Waals surface area (Å²) < 4.78 is 24.2. The molecule has 4 aromatic rings. The summed E-state index contributed by atoms with van der Waals surface area (Å²) in [6.45, 7) is 8.41. The summed E-state index contributed by atoms with van der Waals surface area (Å²) in [7, 11) is 6.12. The average Bonchev–Trinajstić information content (AvgIpc) is 3.97. The molecule has 5 aliphatic heterocycles. The zero-order chi connectivity index (χ0) is 47.4. The highest BCUT2D eigenvalue weighted by Gasteiger charge is 2.80. The van der Waals surface area contributed by atoms with Crippen molar-refractivity contribution in [2.75, 3.05) is 66.0 Å².